The fraction of sp³-hybridized carbons (Fsp3) is 0.500. The van der Waals surface area contributed by atoms with E-state index in [-0.39, 0.29) is 11.3 Å². The van der Waals surface area contributed by atoms with Gasteiger partial charge in [0.2, 0.25) is 11.0 Å². The molecule has 0 spiro atoms. The van der Waals surface area contributed by atoms with Gasteiger partial charge in [0.25, 0.3) is 0 Å². The number of nitrogens with zero attached hydrogens (tertiary/aromatic N) is 3. The van der Waals surface area contributed by atoms with Crippen molar-refractivity contribution in [3.05, 3.63) is 6.33 Å². The third kappa shape index (κ3) is 1.30. The molecule has 2 rings (SSSR count). The van der Waals surface area contributed by atoms with Crippen molar-refractivity contribution < 1.29 is 4.79 Å². The van der Waals surface area contributed by atoms with Gasteiger partial charge in [-0.3, -0.25) is 9.69 Å². The van der Waals surface area contributed by atoms with E-state index in [0.717, 1.165) is 0 Å². The van der Waals surface area contributed by atoms with Crippen LogP contribution in [0.3, 0.4) is 0 Å². The summed E-state index contributed by atoms with van der Waals surface area (Å²) in [5.74, 6) is 0.0340. The number of carbonyl (C=O) groups is 1. The van der Waals surface area contributed by atoms with Crippen LogP contribution in [0.25, 0.3) is 0 Å². The van der Waals surface area contributed by atoms with E-state index in [4.69, 9.17) is 11.6 Å². The highest BCUT2D eigenvalue weighted by atomic mass is 35.5. The number of halogens is 1. The van der Waals surface area contributed by atoms with Crippen molar-refractivity contribution in [2.75, 3.05) is 11.4 Å². The first kappa shape index (κ1) is 7.94. The standard InChI is InChI=1S/C6H6ClN3OS/c7-4-1-5(11)10(2-4)6-8-3-9-12-6/h3-4H,1-2H2. The summed E-state index contributed by atoms with van der Waals surface area (Å²) in [6.45, 7) is 0.551. The van der Waals surface area contributed by atoms with E-state index in [9.17, 15) is 4.79 Å². The highest BCUT2D eigenvalue weighted by molar-refractivity contribution is 7.09. The van der Waals surface area contributed by atoms with Gasteiger partial charge >= 0.3 is 0 Å². The molecule has 1 aliphatic rings. The highest BCUT2D eigenvalue weighted by Gasteiger charge is 2.30. The topological polar surface area (TPSA) is 46.1 Å². The molecule has 4 nitrogen and oxygen atoms in total. The SMILES string of the molecule is O=C1CC(Cl)CN1c1ncns1. The molecule has 0 aliphatic carbocycles. The second-order valence-corrected chi connectivity index (χ2v) is 3.91. The second-order valence-electron chi connectivity index (χ2n) is 2.53. The van der Waals surface area contributed by atoms with Crippen molar-refractivity contribution in [3.63, 3.8) is 0 Å². The summed E-state index contributed by atoms with van der Waals surface area (Å²) < 4.78 is 3.82. The van der Waals surface area contributed by atoms with Crippen molar-refractivity contribution in [2.24, 2.45) is 0 Å². The molecule has 1 saturated heterocycles. The maximum absolute atomic E-state index is 11.3. The van der Waals surface area contributed by atoms with Gasteiger partial charge < -0.3 is 0 Å². The normalized spacial score (nSPS) is 23.6. The van der Waals surface area contributed by atoms with Crippen LogP contribution in [0.2, 0.25) is 0 Å². The molecule has 0 bridgehead atoms. The Bertz CT molecular complexity index is 289. The molecule has 12 heavy (non-hydrogen) atoms. The van der Waals surface area contributed by atoms with Crippen molar-refractivity contribution in [1.82, 2.24) is 9.36 Å². The third-order valence-corrected chi connectivity index (χ3v) is 2.64. The average Bonchev–Trinajstić information content (AvgIpc) is 2.58. The zero-order valence-electron chi connectivity index (χ0n) is 6.11. The van der Waals surface area contributed by atoms with E-state index >= 15 is 0 Å². The Morgan fingerprint density at radius 2 is 2.58 bits per heavy atom. The van der Waals surface area contributed by atoms with Crippen molar-refractivity contribution in [2.45, 2.75) is 11.8 Å². The Balaban J connectivity index is 2.21. The van der Waals surface area contributed by atoms with Gasteiger partial charge in [-0.1, -0.05) is 0 Å². The van der Waals surface area contributed by atoms with Gasteiger partial charge in [-0.25, -0.2) is 4.98 Å². The minimum absolute atomic E-state index is 0.0340. The molecule has 1 unspecified atom stereocenters. The lowest BCUT2D eigenvalue weighted by molar-refractivity contribution is -0.117. The Morgan fingerprint density at radius 1 is 1.75 bits per heavy atom. The van der Waals surface area contributed by atoms with E-state index in [1.807, 2.05) is 0 Å². The Kier molecular flexibility index (Phi) is 1.98. The van der Waals surface area contributed by atoms with Crippen molar-refractivity contribution >= 4 is 34.2 Å². The number of hydrogen-bond acceptors (Lipinski definition) is 4. The zero-order valence-corrected chi connectivity index (χ0v) is 7.68. The number of carbonyl (C=O) groups excluding carboxylic acids is 1. The molecule has 0 N–H and O–H groups in total. The van der Waals surface area contributed by atoms with Crippen LogP contribution in [0.15, 0.2) is 6.33 Å². The summed E-state index contributed by atoms with van der Waals surface area (Å²) in [6.07, 6.45) is 1.84. The summed E-state index contributed by atoms with van der Waals surface area (Å²) in [7, 11) is 0. The predicted molar refractivity (Wildman–Crippen MR) is 46.5 cm³/mol. The molecule has 2 heterocycles. The largest absolute Gasteiger partial charge is 0.285 e. The van der Waals surface area contributed by atoms with E-state index < -0.39 is 0 Å². The summed E-state index contributed by atoms with van der Waals surface area (Å²) in [5, 5.41) is 0.560. The molecule has 1 fully saturated rings. The maximum Gasteiger partial charge on any atom is 0.230 e. The third-order valence-electron chi connectivity index (χ3n) is 1.66. The number of amides is 1. The van der Waals surface area contributed by atoms with E-state index in [1.165, 1.54) is 17.9 Å². The molecule has 0 aromatic carbocycles. The molecule has 1 aromatic rings. The first-order valence-electron chi connectivity index (χ1n) is 3.48. The first-order chi connectivity index (χ1) is 5.77. The van der Waals surface area contributed by atoms with Gasteiger partial charge in [-0.15, -0.1) is 11.6 Å². The molecule has 1 aromatic heterocycles. The van der Waals surface area contributed by atoms with E-state index in [2.05, 4.69) is 9.36 Å². The van der Waals surface area contributed by atoms with Crippen LogP contribution in [0.1, 0.15) is 6.42 Å². The molecule has 1 amide bonds. The second kappa shape index (κ2) is 2.99. The fourth-order valence-electron chi connectivity index (χ4n) is 1.14. The molecular formula is C6H6ClN3OS. The summed E-state index contributed by atoms with van der Waals surface area (Å²) in [4.78, 5) is 16.8. The quantitative estimate of drug-likeness (QED) is 0.637. The lowest BCUT2D eigenvalue weighted by Crippen LogP contribution is -2.24. The molecule has 0 saturated carbocycles. The van der Waals surface area contributed by atoms with Gasteiger partial charge in [-0.2, -0.15) is 4.37 Å². The monoisotopic (exact) mass is 203 g/mol. The number of anilines is 1. The predicted octanol–water partition coefficient (Wildman–Crippen LogP) is 0.882. The summed E-state index contributed by atoms with van der Waals surface area (Å²) in [5.41, 5.74) is 0. The van der Waals surface area contributed by atoms with Crippen molar-refractivity contribution in [1.29, 1.82) is 0 Å². The summed E-state index contributed by atoms with van der Waals surface area (Å²) >= 11 is 7.02. The van der Waals surface area contributed by atoms with Crippen LogP contribution in [-0.2, 0) is 4.79 Å². The minimum Gasteiger partial charge on any atom is -0.285 e. The Labute approximate surface area is 78.3 Å². The first-order valence-corrected chi connectivity index (χ1v) is 4.69. The smallest absolute Gasteiger partial charge is 0.230 e. The van der Waals surface area contributed by atoms with Gasteiger partial charge in [0.05, 0.1) is 5.38 Å². The van der Waals surface area contributed by atoms with Crippen molar-refractivity contribution in [3.8, 4) is 0 Å². The van der Waals surface area contributed by atoms with Crippen LogP contribution < -0.4 is 4.90 Å². The lowest BCUT2D eigenvalue weighted by Gasteiger charge is -2.09. The number of aromatic nitrogens is 2. The summed E-state index contributed by atoms with van der Waals surface area (Å²) in [6, 6.07) is 0. The number of rotatable bonds is 1. The molecule has 0 radical (unpaired) electrons. The Hall–Kier alpha value is -0.680. The Morgan fingerprint density at radius 3 is 3.08 bits per heavy atom. The fourth-order valence-corrected chi connectivity index (χ4v) is 1.96. The maximum atomic E-state index is 11.3. The molecule has 1 aliphatic heterocycles. The lowest BCUT2D eigenvalue weighted by atomic mass is 10.4. The van der Waals surface area contributed by atoms with Gasteiger partial charge in [0, 0.05) is 24.5 Å². The van der Waals surface area contributed by atoms with Crippen LogP contribution >= 0.6 is 23.1 Å². The van der Waals surface area contributed by atoms with E-state index in [0.29, 0.717) is 18.1 Å². The van der Waals surface area contributed by atoms with Gasteiger partial charge in [0.1, 0.15) is 6.33 Å². The number of hydrogen-bond donors (Lipinski definition) is 0. The minimum atomic E-state index is -0.0820. The molecule has 6 heteroatoms. The van der Waals surface area contributed by atoms with Crippen LogP contribution in [-0.4, -0.2) is 27.2 Å². The van der Waals surface area contributed by atoms with Crippen LogP contribution in [0.5, 0.6) is 0 Å². The molecule has 64 valence electrons. The molecule has 1 atom stereocenters. The van der Waals surface area contributed by atoms with Crippen LogP contribution in [0.4, 0.5) is 5.13 Å². The van der Waals surface area contributed by atoms with Gasteiger partial charge in [-0.05, 0) is 0 Å². The highest BCUT2D eigenvalue weighted by Crippen LogP contribution is 2.24. The number of alkyl halides is 1. The van der Waals surface area contributed by atoms with Crippen LogP contribution in [0, 0.1) is 0 Å². The molecular weight excluding hydrogens is 198 g/mol. The van der Waals surface area contributed by atoms with E-state index in [1.54, 1.807) is 4.90 Å². The average molecular weight is 204 g/mol. The zero-order chi connectivity index (χ0) is 8.55. The van der Waals surface area contributed by atoms with Gasteiger partial charge in [0.15, 0.2) is 0 Å².